The molecule has 0 saturated heterocycles. The molecule has 20 heavy (non-hydrogen) atoms. The van der Waals surface area contributed by atoms with Crippen molar-refractivity contribution in [3.8, 4) is 11.5 Å². The zero-order valence-corrected chi connectivity index (χ0v) is 12.0. The van der Waals surface area contributed by atoms with Crippen LogP contribution < -0.4 is 9.47 Å². The summed E-state index contributed by atoms with van der Waals surface area (Å²) in [5, 5.41) is 9.47. The summed E-state index contributed by atoms with van der Waals surface area (Å²) in [7, 11) is 1.55. The summed E-state index contributed by atoms with van der Waals surface area (Å²) in [6.07, 6.45) is 0. The molecular formula is C14H15ClN2O3. The van der Waals surface area contributed by atoms with E-state index in [-0.39, 0.29) is 13.2 Å². The molecule has 0 amide bonds. The number of benzene rings is 1. The van der Waals surface area contributed by atoms with Gasteiger partial charge in [0.15, 0.2) is 17.3 Å². The van der Waals surface area contributed by atoms with Crippen LogP contribution in [0, 0.1) is 6.92 Å². The Morgan fingerprint density at radius 2 is 2.00 bits per heavy atom. The summed E-state index contributed by atoms with van der Waals surface area (Å²) < 4.78 is 10.9. The van der Waals surface area contributed by atoms with Crippen LogP contribution in [-0.4, -0.2) is 22.2 Å². The summed E-state index contributed by atoms with van der Waals surface area (Å²) in [4.78, 5) is 8.32. The Bertz CT molecular complexity index is 585. The van der Waals surface area contributed by atoms with Gasteiger partial charge in [0, 0.05) is 5.69 Å². The second kappa shape index (κ2) is 6.54. The Labute approximate surface area is 122 Å². The molecule has 0 bridgehead atoms. The van der Waals surface area contributed by atoms with Gasteiger partial charge in [0.05, 0.1) is 13.7 Å². The first-order chi connectivity index (χ1) is 9.62. The van der Waals surface area contributed by atoms with Crippen LogP contribution in [-0.2, 0) is 13.2 Å². The van der Waals surface area contributed by atoms with Gasteiger partial charge in [-0.3, -0.25) is 0 Å². The van der Waals surface area contributed by atoms with Crippen molar-refractivity contribution < 1.29 is 14.6 Å². The molecular weight excluding hydrogens is 280 g/mol. The number of aryl methyl sites for hydroxylation is 1. The smallest absolute Gasteiger partial charge is 0.167 e. The lowest BCUT2D eigenvalue weighted by Crippen LogP contribution is -2.04. The van der Waals surface area contributed by atoms with Crippen molar-refractivity contribution in [3.63, 3.8) is 0 Å². The minimum atomic E-state index is -0.0484. The fourth-order valence-electron chi connectivity index (χ4n) is 1.73. The van der Waals surface area contributed by atoms with E-state index >= 15 is 0 Å². The number of halogens is 1. The summed E-state index contributed by atoms with van der Waals surface area (Å²) in [6, 6.07) is 6.91. The normalized spacial score (nSPS) is 10.4. The lowest BCUT2D eigenvalue weighted by molar-refractivity contribution is 0.270. The molecule has 6 heteroatoms. The molecule has 106 valence electrons. The first-order valence-electron chi connectivity index (χ1n) is 6.03. The van der Waals surface area contributed by atoms with E-state index in [1.165, 1.54) is 0 Å². The van der Waals surface area contributed by atoms with Gasteiger partial charge in [0.1, 0.15) is 11.8 Å². The number of aliphatic hydroxyl groups is 1. The van der Waals surface area contributed by atoms with Crippen LogP contribution in [0.4, 0.5) is 0 Å². The van der Waals surface area contributed by atoms with Crippen molar-refractivity contribution in [1.82, 2.24) is 9.97 Å². The number of rotatable bonds is 5. The number of nitrogens with zero attached hydrogens (tertiary/aromatic N) is 2. The molecule has 5 nitrogen and oxygen atoms in total. The SMILES string of the molecule is COc1cc(CO)ccc1OCc1nc(C)cc(Cl)n1. The third kappa shape index (κ3) is 3.59. The second-order valence-electron chi connectivity index (χ2n) is 4.18. The molecule has 0 radical (unpaired) electrons. The molecule has 1 aromatic carbocycles. The van der Waals surface area contributed by atoms with Crippen LogP contribution in [0.1, 0.15) is 17.1 Å². The summed E-state index contributed by atoms with van der Waals surface area (Å²) in [6.45, 7) is 1.98. The van der Waals surface area contributed by atoms with Gasteiger partial charge in [-0.15, -0.1) is 0 Å². The van der Waals surface area contributed by atoms with Gasteiger partial charge in [0.25, 0.3) is 0 Å². The number of aromatic nitrogens is 2. The van der Waals surface area contributed by atoms with E-state index in [2.05, 4.69) is 9.97 Å². The summed E-state index contributed by atoms with van der Waals surface area (Å²) >= 11 is 5.87. The zero-order chi connectivity index (χ0) is 14.5. The van der Waals surface area contributed by atoms with Crippen molar-refractivity contribution in [2.24, 2.45) is 0 Å². The predicted molar refractivity (Wildman–Crippen MR) is 75.0 cm³/mol. The maximum Gasteiger partial charge on any atom is 0.167 e. The molecule has 1 heterocycles. The van der Waals surface area contributed by atoms with E-state index in [0.717, 1.165) is 11.3 Å². The topological polar surface area (TPSA) is 64.5 Å². The van der Waals surface area contributed by atoms with Crippen LogP contribution in [0.2, 0.25) is 5.15 Å². The lowest BCUT2D eigenvalue weighted by atomic mass is 10.2. The molecule has 0 aliphatic carbocycles. The molecule has 0 aliphatic rings. The Morgan fingerprint density at radius 1 is 1.20 bits per heavy atom. The van der Waals surface area contributed by atoms with Gasteiger partial charge >= 0.3 is 0 Å². The predicted octanol–water partition coefficient (Wildman–Crippen LogP) is 2.52. The average Bonchev–Trinajstić information content (AvgIpc) is 2.44. The zero-order valence-electron chi connectivity index (χ0n) is 11.3. The highest BCUT2D eigenvalue weighted by molar-refractivity contribution is 6.29. The maximum absolute atomic E-state index is 9.09. The number of methoxy groups -OCH3 is 1. The fraction of sp³-hybridized carbons (Fsp3) is 0.286. The molecule has 2 aromatic rings. The van der Waals surface area contributed by atoms with E-state index in [1.54, 1.807) is 31.4 Å². The standard InChI is InChI=1S/C14H15ClN2O3/c1-9-5-13(15)17-14(16-9)8-20-11-4-3-10(7-18)6-12(11)19-2/h3-6,18H,7-8H2,1-2H3. The molecule has 1 aromatic heterocycles. The molecule has 0 aliphatic heterocycles. The number of hydrogen-bond donors (Lipinski definition) is 1. The van der Waals surface area contributed by atoms with Crippen molar-refractivity contribution in [1.29, 1.82) is 0 Å². The summed E-state index contributed by atoms with van der Waals surface area (Å²) in [5.41, 5.74) is 1.54. The molecule has 0 unspecified atom stereocenters. The van der Waals surface area contributed by atoms with Crippen molar-refractivity contribution in [2.75, 3.05) is 7.11 Å². The Morgan fingerprint density at radius 3 is 2.65 bits per heavy atom. The van der Waals surface area contributed by atoms with E-state index in [0.29, 0.717) is 22.5 Å². The molecule has 0 fully saturated rings. The van der Waals surface area contributed by atoms with Crippen molar-refractivity contribution in [2.45, 2.75) is 20.1 Å². The minimum absolute atomic E-state index is 0.0484. The van der Waals surface area contributed by atoms with Gasteiger partial charge in [-0.2, -0.15) is 0 Å². The van der Waals surface area contributed by atoms with Crippen LogP contribution >= 0.6 is 11.6 Å². The average molecular weight is 295 g/mol. The largest absolute Gasteiger partial charge is 0.493 e. The highest BCUT2D eigenvalue weighted by atomic mass is 35.5. The molecule has 0 spiro atoms. The Hall–Kier alpha value is -1.85. The highest BCUT2D eigenvalue weighted by Crippen LogP contribution is 2.28. The molecule has 1 N–H and O–H groups in total. The van der Waals surface area contributed by atoms with Crippen LogP contribution in [0.3, 0.4) is 0 Å². The third-order valence-electron chi connectivity index (χ3n) is 2.64. The molecule has 2 rings (SSSR count). The molecule has 0 atom stereocenters. The van der Waals surface area contributed by atoms with Crippen LogP contribution in [0.15, 0.2) is 24.3 Å². The monoisotopic (exact) mass is 294 g/mol. The summed E-state index contributed by atoms with van der Waals surface area (Å²) in [5.74, 6) is 1.62. The number of ether oxygens (including phenoxy) is 2. The Balaban J connectivity index is 2.14. The van der Waals surface area contributed by atoms with Gasteiger partial charge < -0.3 is 14.6 Å². The van der Waals surface area contributed by atoms with Crippen LogP contribution in [0.5, 0.6) is 11.5 Å². The van der Waals surface area contributed by atoms with E-state index in [1.807, 2.05) is 6.92 Å². The van der Waals surface area contributed by atoms with Gasteiger partial charge in [0.2, 0.25) is 0 Å². The third-order valence-corrected chi connectivity index (χ3v) is 2.83. The first-order valence-corrected chi connectivity index (χ1v) is 6.41. The molecule has 0 saturated carbocycles. The van der Waals surface area contributed by atoms with Crippen molar-refractivity contribution >= 4 is 11.6 Å². The van der Waals surface area contributed by atoms with E-state index in [4.69, 9.17) is 26.2 Å². The second-order valence-corrected chi connectivity index (χ2v) is 4.57. The quantitative estimate of drug-likeness (QED) is 0.859. The fourth-order valence-corrected chi connectivity index (χ4v) is 1.98. The highest BCUT2D eigenvalue weighted by Gasteiger charge is 2.07. The maximum atomic E-state index is 9.09. The Kier molecular flexibility index (Phi) is 4.76. The van der Waals surface area contributed by atoms with Crippen molar-refractivity contribution in [3.05, 3.63) is 46.5 Å². The minimum Gasteiger partial charge on any atom is -0.493 e. The van der Waals surface area contributed by atoms with E-state index in [9.17, 15) is 0 Å². The number of aliphatic hydroxyl groups excluding tert-OH is 1. The van der Waals surface area contributed by atoms with Gasteiger partial charge in [-0.1, -0.05) is 17.7 Å². The van der Waals surface area contributed by atoms with E-state index < -0.39 is 0 Å². The van der Waals surface area contributed by atoms with Gasteiger partial charge in [-0.05, 0) is 30.7 Å². The van der Waals surface area contributed by atoms with Crippen LogP contribution in [0.25, 0.3) is 0 Å². The number of hydrogen-bond acceptors (Lipinski definition) is 5. The lowest BCUT2D eigenvalue weighted by Gasteiger charge is -2.11. The first kappa shape index (κ1) is 14.6. The van der Waals surface area contributed by atoms with Gasteiger partial charge in [-0.25, -0.2) is 9.97 Å².